The Morgan fingerprint density at radius 1 is 1.12 bits per heavy atom. The molecule has 0 unspecified atom stereocenters. The van der Waals surface area contributed by atoms with E-state index >= 15 is 0 Å². The number of halogens is 1. The van der Waals surface area contributed by atoms with Crippen LogP contribution >= 0.6 is 23.4 Å². The Morgan fingerprint density at radius 2 is 1.88 bits per heavy atom. The van der Waals surface area contributed by atoms with Crippen molar-refractivity contribution < 1.29 is 4.42 Å². The molecule has 0 aliphatic rings. The van der Waals surface area contributed by atoms with E-state index in [1.165, 1.54) is 11.8 Å². The van der Waals surface area contributed by atoms with E-state index in [0.29, 0.717) is 38.6 Å². The average molecular weight is 385 g/mol. The molecule has 0 spiro atoms. The minimum absolute atomic E-state index is 0.0708. The van der Waals surface area contributed by atoms with Crippen molar-refractivity contribution in [2.75, 3.05) is 0 Å². The first-order chi connectivity index (χ1) is 12.6. The summed E-state index contributed by atoms with van der Waals surface area (Å²) in [6.07, 6.45) is 0. The second-order valence-electron chi connectivity index (χ2n) is 5.58. The monoisotopic (exact) mass is 384 g/mol. The van der Waals surface area contributed by atoms with E-state index in [2.05, 4.69) is 15.2 Å². The number of aromatic nitrogens is 4. The van der Waals surface area contributed by atoms with Crippen LogP contribution in [0.15, 0.2) is 63.0 Å². The van der Waals surface area contributed by atoms with Crippen LogP contribution in [0.4, 0.5) is 0 Å². The second kappa shape index (κ2) is 6.93. The van der Waals surface area contributed by atoms with Crippen molar-refractivity contribution in [3.63, 3.8) is 0 Å². The number of fused-ring (bicyclic) bond motifs is 1. The van der Waals surface area contributed by atoms with Gasteiger partial charge in [-0.05, 0) is 36.4 Å². The number of thioether (sulfide) groups is 1. The van der Waals surface area contributed by atoms with Gasteiger partial charge < -0.3 is 4.42 Å². The number of benzene rings is 2. The zero-order valence-electron chi connectivity index (χ0n) is 13.7. The summed E-state index contributed by atoms with van der Waals surface area (Å²) >= 11 is 7.22. The zero-order chi connectivity index (χ0) is 18.1. The van der Waals surface area contributed by atoms with Gasteiger partial charge in [-0.2, -0.15) is 0 Å². The van der Waals surface area contributed by atoms with E-state index < -0.39 is 0 Å². The highest BCUT2D eigenvalue weighted by molar-refractivity contribution is 7.98. The SMILES string of the molecule is Cn1c(CSc2nnc(-c3ccc(Cl)cc3)o2)nc2ccccc2c1=O. The van der Waals surface area contributed by atoms with Crippen LogP contribution in [0.1, 0.15) is 5.82 Å². The topological polar surface area (TPSA) is 73.8 Å². The first-order valence-electron chi connectivity index (χ1n) is 7.79. The molecule has 0 amide bonds. The van der Waals surface area contributed by atoms with E-state index in [1.807, 2.05) is 30.3 Å². The molecule has 26 heavy (non-hydrogen) atoms. The Balaban J connectivity index is 1.56. The lowest BCUT2D eigenvalue weighted by Gasteiger charge is -2.07. The lowest BCUT2D eigenvalue weighted by molar-refractivity contribution is 0.465. The third-order valence-corrected chi connectivity index (χ3v) is 4.96. The maximum atomic E-state index is 12.4. The van der Waals surface area contributed by atoms with Gasteiger partial charge in [-0.15, -0.1) is 10.2 Å². The van der Waals surface area contributed by atoms with Crippen molar-refractivity contribution >= 4 is 34.3 Å². The fraction of sp³-hybridized carbons (Fsp3) is 0.111. The van der Waals surface area contributed by atoms with Crippen LogP contribution < -0.4 is 5.56 Å². The van der Waals surface area contributed by atoms with E-state index in [0.717, 1.165) is 5.56 Å². The van der Waals surface area contributed by atoms with E-state index in [4.69, 9.17) is 16.0 Å². The van der Waals surface area contributed by atoms with Gasteiger partial charge in [0.2, 0.25) is 5.89 Å². The maximum absolute atomic E-state index is 12.4. The first-order valence-corrected chi connectivity index (χ1v) is 9.15. The molecule has 8 heteroatoms. The van der Waals surface area contributed by atoms with Gasteiger partial charge in [-0.25, -0.2) is 4.98 Å². The summed E-state index contributed by atoms with van der Waals surface area (Å²) in [5.74, 6) is 1.51. The summed E-state index contributed by atoms with van der Waals surface area (Å²) in [4.78, 5) is 17.0. The molecule has 0 aliphatic carbocycles. The van der Waals surface area contributed by atoms with Crippen LogP contribution in [0.3, 0.4) is 0 Å². The van der Waals surface area contributed by atoms with Crippen LogP contribution in [-0.4, -0.2) is 19.7 Å². The second-order valence-corrected chi connectivity index (χ2v) is 6.94. The zero-order valence-corrected chi connectivity index (χ0v) is 15.3. The Morgan fingerprint density at radius 3 is 2.69 bits per heavy atom. The molecule has 4 rings (SSSR count). The van der Waals surface area contributed by atoms with Crippen LogP contribution in [-0.2, 0) is 12.8 Å². The third-order valence-electron chi connectivity index (χ3n) is 3.90. The van der Waals surface area contributed by atoms with Crippen molar-refractivity contribution in [2.24, 2.45) is 7.05 Å². The summed E-state index contributed by atoms with van der Waals surface area (Å²) in [6, 6.07) is 14.5. The van der Waals surface area contributed by atoms with Crippen LogP contribution in [0.5, 0.6) is 0 Å². The Bertz CT molecular complexity index is 1140. The molecule has 6 nitrogen and oxygen atoms in total. The lowest BCUT2D eigenvalue weighted by Crippen LogP contribution is -2.21. The van der Waals surface area contributed by atoms with Gasteiger partial charge >= 0.3 is 0 Å². The largest absolute Gasteiger partial charge is 0.411 e. The number of rotatable bonds is 4. The predicted octanol–water partition coefficient (Wildman–Crippen LogP) is 3.93. The standard InChI is InChI=1S/C18H13ClN4O2S/c1-23-15(20-14-5-3-2-4-13(14)17(23)24)10-26-18-22-21-16(25-18)11-6-8-12(19)9-7-11/h2-9H,10H2,1H3. The van der Waals surface area contributed by atoms with Gasteiger partial charge in [0.05, 0.1) is 16.7 Å². The highest BCUT2D eigenvalue weighted by Gasteiger charge is 2.12. The molecule has 0 radical (unpaired) electrons. The third kappa shape index (κ3) is 3.23. The Labute approximate surface area is 157 Å². The van der Waals surface area contributed by atoms with Gasteiger partial charge in [-0.3, -0.25) is 9.36 Å². The fourth-order valence-corrected chi connectivity index (χ4v) is 3.37. The molecule has 130 valence electrons. The van der Waals surface area contributed by atoms with E-state index in [9.17, 15) is 4.79 Å². The summed E-state index contributed by atoms with van der Waals surface area (Å²) in [7, 11) is 1.71. The fourth-order valence-electron chi connectivity index (χ4n) is 2.50. The number of hydrogen-bond donors (Lipinski definition) is 0. The van der Waals surface area contributed by atoms with Crippen molar-refractivity contribution in [2.45, 2.75) is 11.0 Å². The summed E-state index contributed by atoms with van der Waals surface area (Å²) in [6.45, 7) is 0. The van der Waals surface area contributed by atoms with Crippen LogP contribution in [0.2, 0.25) is 5.02 Å². The molecular formula is C18H13ClN4O2S. The molecule has 0 N–H and O–H groups in total. The van der Waals surface area contributed by atoms with Gasteiger partial charge in [0.25, 0.3) is 10.8 Å². The minimum atomic E-state index is -0.0708. The van der Waals surface area contributed by atoms with E-state index in [1.54, 1.807) is 29.8 Å². The highest BCUT2D eigenvalue weighted by Crippen LogP contribution is 2.26. The molecule has 0 saturated carbocycles. The molecule has 0 fully saturated rings. The molecule has 2 aromatic carbocycles. The molecule has 0 atom stereocenters. The molecule has 0 saturated heterocycles. The minimum Gasteiger partial charge on any atom is -0.411 e. The van der Waals surface area contributed by atoms with Crippen LogP contribution in [0, 0.1) is 0 Å². The smallest absolute Gasteiger partial charge is 0.277 e. The molecule has 0 aliphatic heterocycles. The maximum Gasteiger partial charge on any atom is 0.277 e. The normalized spacial score (nSPS) is 11.2. The molecule has 2 heterocycles. The predicted molar refractivity (Wildman–Crippen MR) is 101 cm³/mol. The van der Waals surface area contributed by atoms with Crippen LogP contribution in [0.25, 0.3) is 22.4 Å². The van der Waals surface area contributed by atoms with Gasteiger partial charge in [0.15, 0.2) is 0 Å². The van der Waals surface area contributed by atoms with Crippen molar-refractivity contribution in [3.8, 4) is 11.5 Å². The summed E-state index contributed by atoms with van der Waals surface area (Å²) < 4.78 is 7.22. The van der Waals surface area contributed by atoms with Crippen molar-refractivity contribution in [1.29, 1.82) is 0 Å². The molecule has 2 aromatic heterocycles. The van der Waals surface area contributed by atoms with Crippen molar-refractivity contribution in [3.05, 3.63) is 69.7 Å². The number of hydrogen-bond acceptors (Lipinski definition) is 6. The summed E-state index contributed by atoms with van der Waals surface area (Å²) in [5, 5.41) is 9.75. The summed E-state index contributed by atoms with van der Waals surface area (Å²) in [5.41, 5.74) is 1.40. The highest BCUT2D eigenvalue weighted by atomic mass is 35.5. The van der Waals surface area contributed by atoms with Crippen molar-refractivity contribution in [1.82, 2.24) is 19.7 Å². The first kappa shape index (κ1) is 16.8. The van der Waals surface area contributed by atoms with Gasteiger partial charge in [0, 0.05) is 17.6 Å². The number of nitrogens with zero attached hydrogens (tertiary/aromatic N) is 4. The molecular weight excluding hydrogens is 372 g/mol. The average Bonchev–Trinajstić information content (AvgIpc) is 3.13. The Hall–Kier alpha value is -2.64. The number of para-hydroxylation sites is 1. The van der Waals surface area contributed by atoms with Gasteiger partial charge in [0.1, 0.15) is 5.82 Å². The lowest BCUT2D eigenvalue weighted by atomic mass is 10.2. The van der Waals surface area contributed by atoms with E-state index in [-0.39, 0.29) is 5.56 Å². The molecule has 0 bridgehead atoms. The quantitative estimate of drug-likeness (QED) is 0.496. The van der Waals surface area contributed by atoms with Gasteiger partial charge in [-0.1, -0.05) is 35.5 Å². The molecule has 4 aromatic rings. The Kier molecular flexibility index (Phi) is 4.48.